The van der Waals surface area contributed by atoms with Gasteiger partial charge in [0.05, 0.1) is 11.1 Å². The van der Waals surface area contributed by atoms with E-state index in [9.17, 15) is 4.79 Å². The average molecular weight is 290 g/mol. The number of ether oxygens (including phenoxy) is 1. The van der Waals surface area contributed by atoms with Crippen LogP contribution in [0.15, 0.2) is 42.5 Å². The van der Waals surface area contributed by atoms with E-state index < -0.39 is 0 Å². The van der Waals surface area contributed by atoms with Gasteiger partial charge in [-0.3, -0.25) is 4.79 Å². The van der Waals surface area contributed by atoms with Crippen molar-refractivity contribution in [1.29, 1.82) is 0 Å². The number of benzene rings is 2. The number of nitrogen functional groups attached to an aromatic ring is 1. The third-order valence-corrected chi connectivity index (χ3v) is 3.05. The lowest BCUT2D eigenvalue weighted by Gasteiger charge is -2.10. The molecule has 0 saturated carbocycles. The minimum atomic E-state index is -0.154. The number of carbonyl (C=O) groups excluding carboxylic acids is 1. The monoisotopic (exact) mass is 289 g/mol. The third-order valence-electron chi connectivity index (χ3n) is 2.72. The number of hydrogen-bond acceptors (Lipinski definition) is 3. The molecule has 2 aromatic rings. The molecular weight excluding hydrogens is 274 g/mol. The fraction of sp³-hybridized carbons (Fsp3) is 0.188. The van der Waals surface area contributed by atoms with Crippen LogP contribution in [0.25, 0.3) is 0 Å². The van der Waals surface area contributed by atoms with Gasteiger partial charge in [-0.15, -0.1) is 0 Å². The quantitative estimate of drug-likeness (QED) is 0.685. The minimum absolute atomic E-state index is 0.0971. The Morgan fingerprint density at radius 3 is 2.40 bits per heavy atom. The van der Waals surface area contributed by atoms with E-state index in [-0.39, 0.29) is 11.9 Å². The maximum Gasteiger partial charge on any atom is 0.194 e. The van der Waals surface area contributed by atoms with Crippen molar-refractivity contribution in [2.45, 2.75) is 20.0 Å². The molecule has 2 aromatic carbocycles. The van der Waals surface area contributed by atoms with Gasteiger partial charge in [0.1, 0.15) is 5.75 Å². The van der Waals surface area contributed by atoms with Crippen LogP contribution in [-0.4, -0.2) is 11.9 Å². The van der Waals surface area contributed by atoms with E-state index in [1.807, 2.05) is 13.8 Å². The van der Waals surface area contributed by atoms with Crippen LogP contribution >= 0.6 is 11.6 Å². The number of rotatable bonds is 4. The topological polar surface area (TPSA) is 52.3 Å². The second kappa shape index (κ2) is 5.97. The Balaban J connectivity index is 2.27. The van der Waals surface area contributed by atoms with Crippen LogP contribution < -0.4 is 10.5 Å². The molecule has 0 heterocycles. The van der Waals surface area contributed by atoms with Gasteiger partial charge in [0.15, 0.2) is 5.78 Å². The normalized spacial score (nSPS) is 10.6. The van der Waals surface area contributed by atoms with E-state index >= 15 is 0 Å². The van der Waals surface area contributed by atoms with Crippen LogP contribution in [-0.2, 0) is 0 Å². The predicted molar refractivity (Wildman–Crippen MR) is 81.5 cm³/mol. The van der Waals surface area contributed by atoms with Crippen molar-refractivity contribution in [2.24, 2.45) is 0 Å². The van der Waals surface area contributed by atoms with Gasteiger partial charge in [-0.2, -0.15) is 0 Å². The maximum absolute atomic E-state index is 12.4. The Morgan fingerprint density at radius 1 is 1.15 bits per heavy atom. The molecule has 0 saturated heterocycles. The van der Waals surface area contributed by atoms with Crippen molar-refractivity contribution < 1.29 is 9.53 Å². The number of ketones is 1. The Hall–Kier alpha value is -2.00. The molecule has 0 atom stereocenters. The van der Waals surface area contributed by atoms with Crippen LogP contribution in [0.2, 0.25) is 5.02 Å². The zero-order valence-corrected chi connectivity index (χ0v) is 12.1. The van der Waals surface area contributed by atoms with Gasteiger partial charge in [0, 0.05) is 16.8 Å². The van der Waals surface area contributed by atoms with Gasteiger partial charge in [0.25, 0.3) is 0 Å². The highest BCUT2D eigenvalue weighted by atomic mass is 35.5. The molecule has 0 aliphatic heterocycles. The molecule has 4 heteroatoms. The Kier molecular flexibility index (Phi) is 4.30. The highest BCUT2D eigenvalue weighted by Gasteiger charge is 2.13. The number of carbonyl (C=O) groups is 1. The Labute approximate surface area is 123 Å². The molecule has 0 radical (unpaired) electrons. The van der Waals surface area contributed by atoms with Crippen LogP contribution in [0.3, 0.4) is 0 Å². The van der Waals surface area contributed by atoms with Gasteiger partial charge >= 0.3 is 0 Å². The lowest BCUT2D eigenvalue weighted by Crippen LogP contribution is -2.06. The molecule has 0 spiro atoms. The van der Waals surface area contributed by atoms with Crippen molar-refractivity contribution in [1.82, 2.24) is 0 Å². The molecule has 0 fully saturated rings. The molecule has 0 aliphatic rings. The van der Waals surface area contributed by atoms with Gasteiger partial charge in [-0.05, 0) is 56.3 Å². The van der Waals surface area contributed by atoms with Crippen molar-refractivity contribution >= 4 is 23.1 Å². The van der Waals surface area contributed by atoms with E-state index in [2.05, 4.69) is 0 Å². The van der Waals surface area contributed by atoms with E-state index in [1.54, 1.807) is 42.5 Å². The molecule has 20 heavy (non-hydrogen) atoms. The summed E-state index contributed by atoms with van der Waals surface area (Å²) in [4.78, 5) is 12.4. The number of hydrogen-bond donors (Lipinski definition) is 1. The summed E-state index contributed by atoms with van der Waals surface area (Å²) in [6, 6.07) is 11.9. The van der Waals surface area contributed by atoms with Crippen molar-refractivity contribution in [2.75, 3.05) is 5.73 Å². The summed E-state index contributed by atoms with van der Waals surface area (Å²) in [6.07, 6.45) is 0.0971. The lowest BCUT2D eigenvalue weighted by molar-refractivity contribution is 0.103. The second-order valence-corrected chi connectivity index (χ2v) is 5.17. The Morgan fingerprint density at radius 2 is 1.80 bits per heavy atom. The molecule has 104 valence electrons. The maximum atomic E-state index is 12.4. The fourth-order valence-electron chi connectivity index (χ4n) is 1.83. The molecule has 0 unspecified atom stereocenters. The first-order chi connectivity index (χ1) is 9.47. The third kappa shape index (κ3) is 3.31. The van der Waals surface area contributed by atoms with E-state index in [0.717, 1.165) is 5.75 Å². The summed E-state index contributed by atoms with van der Waals surface area (Å²) in [5.41, 5.74) is 7.16. The van der Waals surface area contributed by atoms with Crippen molar-refractivity contribution in [3.63, 3.8) is 0 Å². The molecule has 0 aromatic heterocycles. The van der Waals surface area contributed by atoms with Crippen LogP contribution in [0.4, 0.5) is 5.69 Å². The van der Waals surface area contributed by atoms with Gasteiger partial charge < -0.3 is 10.5 Å². The summed E-state index contributed by atoms with van der Waals surface area (Å²) in [7, 11) is 0. The zero-order chi connectivity index (χ0) is 14.7. The van der Waals surface area contributed by atoms with Crippen LogP contribution in [0.1, 0.15) is 29.8 Å². The molecule has 2 N–H and O–H groups in total. The van der Waals surface area contributed by atoms with E-state index in [4.69, 9.17) is 22.1 Å². The highest BCUT2D eigenvalue weighted by Crippen LogP contribution is 2.23. The second-order valence-electron chi connectivity index (χ2n) is 4.76. The Bertz CT molecular complexity index is 621. The summed E-state index contributed by atoms with van der Waals surface area (Å²) in [5.74, 6) is 0.577. The summed E-state index contributed by atoms with van der Waals surface area (Å²) >= 11 is 6.04. The summed E-state index contributed by atoms with van der Waals surface area (Å²) in [6.45, 7) is 3.90. The van der Waals surface area contributed by atoms with Gasteiger partial charge in [-0.25, -0.2) is 0 Å². The molecule has 0 aliphatic carbocycles. The standard InChI is InChI=1S/C16H16ClNO2/c1-10(2)20-13-6-3-11(4-7-13)16(19)14-9-12(18)5-8-15(14)17/h3-10H,18H2,1-2H3. The molecule has 2 rings (SSSR count). The summed E-state index contributed by atoms with van der Waals surface area (Å²) in [5, 5.41) is 0.395. The predicted octanol–water partition coefficient (Wildman–Crippen LogP) is 3.94. The van der Waals surface area contributed by atoms with Gasteiger partial charge in [-0.1, -0.05) is 11.6 Å². The average Bonchev–Trinajstić information content (AvgIpc) is 2.41. The zero-order valence-electron chi connectivity index (χ0n) is 11.4. The molecule has 3 nitrogen and oxygen atoms in total. The van der Waals surface area contributed by atoms with Crippen LogP contribution in [0, 0.1) is 0 Å². The lowest BCUT2D eigenvalue weighted by atomic mass is 10.0. The van der Waals surface area contributed by atoms with Crippen molar-refractivity contribution in [3.8, 4) is 5.75 Å². The van der Waals surface area contributed by atoms with Crippen LogP contribution in [0.5, 0.6) is 5.75 Å². The number of anilines is 1. The SMILES string of the molecule is CC(C)Oc1ccc(C(=O)c2cc(N)ccc2Cl)cc1. The molecule has 0 bridgehead atoms. The minimum Gasteiger partial charge on any atom is -0.491 e. The first-order valence-corrected chi connectivity index (χ1v) is 6.71. The first-order valence-electron chi connectivity index (χ1n) is 6.34. The first kappa shape index (κ1) is 14.4. The fourth-order valence-corrected chi connectivity index (χ4v) is 2.03. The van der Waals surface area contributed by atoms with E-state index in [0.29, 0.717) is 21.8 Å². The highest BCUT2D eigenvalue weighted by molar-refractivity contribution is 6.35. The van der Waals surface area contributed by atoms with Gasteiger partial charge in [0.2, 0.25) is 0 Å². The molecular formula is C16H16ClNO2. The van der Waals surface area contributed by atoms with Crippen molar-refractivity contribution in [3.05, 3.63) is 58.6 Å². The number of halogens is 1. The van der Waals surface area contributed by atoms with E-state index in [1.165, 1.54) is 0 Å². The molecule has 0 amide bonds. The summed E-state index contributed by atoms with van der Waals surface area (Å²) < 4.78 is 5.54. The smallest absolute Gasteiger partial charge is 0.194 e. The largest absolute Gasteiger partial charge is 0.491 e. The number of nitrogens with two attached hydrogens (primary N) is 1.